The van der Waals surface area contributed by atoms with E-state index in [1.165, 1.54) is 28.7 Å². The molecule has 0 unspecified atom stereocenters. The number of anilines is 2. The van der Waals surface area contributed by atoms with Crippen molar-refractivity contribution in [2.24, 2.45) is 0 Å². The van der Waals surface area contributed by atoms with Crippen LogP contribution in [0.2, 0.25) is 0 Å². The third kappa shape index (κ3) is 4.25. The van der Waals surface area contributed by atoms with Crippen LogP contribution in [0.3, 0.4) is 0 Å². The summed E-state index contributed by atoms with van der Waals surface area (Å²) in [6, 6.07) is 8.14. The molecular weight excluding hydrogens is 344 g/mol. The van der Waals surface area contributed by atoms with Crippen molar-refractivity contribution >= 4 is 39.8 Å². The second kappa shape index (κ2) is 8.46. The van der Waals surface area contributed by atoms with Gasteiger partial charge in [-0.2, -0.15) is 0 Å². The maximum atomic E-state index is 12.6. The predicted molar refractivity (Wildman–Crippen MR) is 98.1 cm³/mol. The number of carbonyl (C=O) groups is 1. The molecule has 0 radical (unpaired) electrons. The molecule has 1 aliphatic heterocycles. The van der Waals surface area contributed by atoms with Gasteiger partial charge in [0.25, 0.3) is 0 Å². The summed E-state index contributed by atoms with van der Waals surface area (Å²) < 4.78 is 5.78. The van der Waals surface area contributed by atoms with Gasteiger partial charge in [0, 0.05) is 25.9 Å². The Hall–Kier alpha value is -1.64. The van der Waals surface area contributed by atoms with E-state index in [2.05, 4.69) is 21.6 Å². The fourth-order valence-corrected chi connectivity index (χ4v) is 4.25. The number of methoxy groups -OCH3 is 1. The van der Waals surface area contributed by atoms with E-state index in [4.69, 9.17) is 4.74 Å². The van der Waals surface area contributed by atoms with Gasteiger partial charge >= 0.3 is 0 Å². The van der Waals surface area contributed by atoms with E-state index < -0.39 is 0 Å². The van der Waals surface area contributed by atoms with Gasteiger partial charge in [0.05, 0.1) is 12.4 Å². The Labute approximate surface area is 149 Å². The molecule has 0 bridgehead atoms. The number of ether oxygens (including phenoxy) is 1. The quantitative estimate of drug-likeness (QED) is 0.602. The van der Waals surface area contributed by atoms with Crippen LogP contribution < -0.4 is 10.2 Å². The van der Waals surface area contributed by atoms with Gasteiger partial charge in [0.1, 0.15) is 0 Å². The molecule has 0 aliphatic carbocycles. The molecule has 6 nitrogen and oxygen atoms in total. The number of hydrogen-bond donors (Lipinski definition) is 1. The zero-order chi connectivity index (χ0) is 16.8. The molecule has 2 aromatic rings. The second-order valence-electron chi connectivity index (χ2n) is 5.36. The number of nitrogens with one attached hydrogen (secondary N) is 1. The number of fused-ring (bicyclic) bond motifs is 1. The average Bonchev–Trinajstić information content (AvgIpc) is 3.07. The maximum absolute atomic E-state index is 12.6. The Morgan fingerprint density at radius 1 is 1.42 bits per heavy atom. The molecule has 0 fully saturated rings. The molecule has 1 aromatic carbocycles. The van der Waals surface area contributed by atoms with Crippen molar-refractivity contribution in [1.82, 2.24) is 10.2 Å². The number of thioether (sulfide) groups is 1. The minimum atomic E-state index is 0.122. The molecule has 1 N–H and O–H groups in total. The number of nitrogens with zero attached hydrogens (tertiary/aromatic N) is 3. The molecular formula is C16H20N4O2S2. The van der Waals surface area contributed by atoms with E-state index in [0.717, 1.165) is 34.5 Å². The molecule has 0 spiro atoms. The molecule has 128 valence electrons. The second-order valence-corrected chi connectivity index (χ2v) is 7.56. The third-order valence-corrected chi connectivity index (χ3v) is 5.72. The van der Waals surface area contributed by atoms with E-state index in [0.29, 0.717) is 18.9 Å². The summed E-state index contributed by atoms with van der Waals surface area (Å²) >= 11 is 2.90. The first-order valence-electron chi connectivity index (χ1n) is 7.85. The summed E-state index contributed by atoms with van der Waals surface area (Å²) in [6.45, 7) is 2.10. The van der Waals surface area contributed by atoms with Crippen LogP contribution in [0, 0.1) is 0 Å². The van der Waals surface area contributed by atoms with Gasteiger partial charge < -0.3 is 15.0 Å². The lowest BCUT2D eigenvalue weighted by atomic mass is 10.0. The molecule has 1 aliphatic rings. The van der Waals surface area contributed by atoms with Crippen molar-refractivity contribution in [1.29, 1.82) is 0 Å². The SMILES string of the molecule is COCCNc1nnc(SCC(=O)N2CCCc3ccccc32)s1. The van der Waals surface area contributed by atoms with E-state index in [1.807, 2.05) is 23.1 Å². The first-order chi connectivity index (χ1) is 11.8. The van der Waals surface area contributed by atoms with Crippen molar-refractivity contribution in [3.8, 4) is 0 Å². The van der Waals surface area contributed by atoms with Gasteiger partial charge in [0.15, 0.2) is 4.34 Å². The summed E-state index contributed by atoms with van der Waals surface area (Å²) in [5, 5.41) is 12.1. The van der Waals surface area contributed by atoms with Crippen molar-refractivity contribution < 1.29 is 9.53 Å². The normalized spacial score (nSPS) is 13.6. The molecule has 2 heterocycles. The van der Waals surface area contributed by atoms with Gasteiger partial charge in [-0.3, -0.25) is 4.79 Å². The summed E-state index contributed by atoms with van der Waals surface area (Å²) in [6.07, 6.45) is 2.06. The van der Waals surface area contributed by atoms with Crippen LogP contribution in [0.15, 0.2) is 28.6 Å². The first kappa shape index (κ1) is 17.2. The lowest BCUT2D eigenvalue weighted by molar-refractivity contribution is -0.116. The summed E-state index contributed by atoms with van der Waals surface area (Å²) in [7, 11) is 1.66. The van der Waals surface area contributed by atoms with Crippen molar-refractivity contribution in [2.75, 3.05) is 42.8 Å². The zero-order valence-electron chi connectivity index (χ0n) is 13.5. The summed E-state index contributed by atoms with van der Waals surface area (Å²) in [5.74, 6) is 0.498. The highest BCUT2D eigenvalue weighted by molar-refractivity contribution is 8.01. The predicted octanol–water partition coefficient (Wildman–Crippen LogP) is 2.67. The minimum absolute atomic E-state index is 0.122. The van der Waals surface area contributed by atoms with E-state index in [9.17, 15) is 4.79 Å². The maximum Gasteiger partial charge on any atom is 0.237 e. The van der Waals surface area contributed by atoms with Gasteiger partial charge in [-0.05, 0) is 24.5 Å². The molecule has 1 aromatic heterocycles. The molecule has 3 rings (SSSR count). The molecule has 1 amide bonds. The fraction of sp³-hybridized carbons (Fsp3) is 0.438. The number of carbonyl (C=O) groups excluding carboxylic acids is 1. The minimum Gasteiger partial charge on any atom is -0.383 e. The van der Waals surface area contributed by atoms with Gasteiger partial charge in [-0.15, -0.1) is 10.2 Å². The molecule has 0 saturated carbocycles. The van der Waals surface area contributed by atoms with Crippen LogP contribution >= 0.6 is 23.1 Å². The number of benzene rings is 1. The zero-order valence-corrected chi connectivity index (χ0v) is 15.2. The summed E-state index contributed by atoms with van der Waals surface area (Å²) in [5.41, 5.74) is 2.30. The monoisotopic (exact) mass is 364 g/mol. The highest BCUT2D eigenvalue weighted by atomic mass is 32.2. The highest BCUT2D eigenvalue weighted by Crippen LogP contribution is 2.29. The smallest absolute Gasteiger partial charge is 0.237 e. The van der Waals surface area contributed by atoms with Gasteiger partial charge in [-0.1, -0.05) is 41.3 Å². The fourth-order valence-electron chi connectivity index (χ4n) is 2.59. The van der Waals surface area contributed by atoms with Crippen molar-refractivity contribution in [2.45, 2.75) is 17.2 Å². The average molecular weight is 364 g/mol. The molecule has 0 saturated heterocycles. The van der Waals surface area contributed by atoms with E-state index in [1.54, 1.807) is 7.11 Å². The van der Waals surface area contributed by atoms with Crippen LogP contribution in [-0.4, -0.2) is 48.7 Å². The van der Waals surface area contributed by atoms with Crippen LogP contribution in [0.4, 0.5) is 10.8 Å². The Bertz CT molecular complexity index is 692. The van der Waals surface area contributed by atoms with Crippen LogP contribution in [0.5, 0.6) is 0 Å². The number of aryl methyl sites for hydroxylation is 1. The Kier molecular flexibility index (Phi) is 6.06. The van der Waals surface area contributed by atoms with E-state index >= 15 is 0 Å². The van der Waals surface area contributed by atoms with Crippen LogP contribution in [-0.2, 0) is 16.0 Å². The van der Waals surface area contributed by atoms with Crippen molar-refractivity contribution in [3.63, 3.8) is 0 Å². The lowest BCUT2D eigenvalue weighted by Crippen LogP contribution is -2.36. The van der Waals surface area contributed by atoms with E-state index in [-0.39, 0.29) is 5.91 Å². The number of hydrogen-bond acceptors (Lipinski definition) is 7. The topological polar surface area (TPSA) is 67.3 Å². The number of rotatable bonds is 7. The van der Waals surface area contributed by atoms with Gasteiger partial charge in [0.2, 0.25) is 11.0 Å². The summed E-state index contributed by atoms with van der Waals surface area (Å²) in [4.78, 5) is 14.5. The largest absolute Gasteiger partial charge is 0.383 e. The molecule has 0 atom stereocenters. The molecule has 8 heteroatoms. The number of aromatic nitrogens is 2. The standard InChI is InChI=1S/C16H20N4O2S2/c1-22-10-8-17-15-18-19-16(24-15)23-11-14(21)20-9-4-6-12-5-2-3-7-13(12)20/h2-3,5,7H,4,6,8-11H2,1H3,(H,17,18). The van der Waals surface area contributed by atoms with Crippen molar-refractivity contribution in [3.05, 3.63) is 29.8 Å². The van der Waals surface area contributed by atoms with Crippen LogP contribution in [0.25, 0.3) is 0 Å². The number of para-hydroxylation sites is 1. The molecule has 24 heavy (non-hydrogen) atoms. The Morgan fingerprint density at radius 3 is 3.17 bits per heavy atom. The Morgan fingerprint density at radius 2 is 2.29 bits per heavy atom. The van der Waals surface area contributed by atoms with Gasteiger partial charge in [-0.25, -0.2) is 0 Å². The highest BCUT2D eigenvalue weighted by Gasteiger charge is 2.22. The van der Waals surface area contributed by atoms with Crippen LogP contribution in [0.1, 0.15) is 12.0 Å². The first-order valence-corrected chi connectivity index (χ1v) is 9.65. The Balaban J connectivity index is 1.55. The third-order valence-electron chi connectivity index (χ3n) is 3.72. The lowest BCUT2D eigenvalue weighted by Gasteiger charge is -2.29. The number of amides is 1.